The van der Waals surface area contributed by atoms with Crippen molar-refractivity contribution in [3.8, 4) is 0 Å². The first-order valence-corrected chi connectivity index (χ1v) is 6.86. The Balaban J connectivity index is 2.14. The molecule has 2 rings (SSSR count). The maximum absolute atomic E-state index is 12.2. The Hall–Kier alpha value is -2.04. The monoisotopic (exact) mass is 322 g/mol. The minimum Gasteiger partial charge on any atom is -0.326 e. The third kappa shape index (κ3) is 3.97. The summed E-state index contributed by atoms with van der Waals surface area (Å²) in [6.07, 6.45) is 0. The average Bonchev–Trinajstić information content (AvgIpc) is 2.40. The van der Waals surface area contributed by atoms with Crippen LogP contribution in [0.1, 0.15) is 17.3 Å². The van der Waals surface area contributed by atoms with Crippen molar-refractivity contribution < 1.29 is 9.59 Å². The lowest BCUT2D eigenvalue weighted by atomic mass is 10.2. The standard InChI is InChI=1S/C15H12Cl2N2O2/c1-9(20)18-10-5-7-11(8-6-10)19-15(21)14-12(16)3-2-4-13(14)17/h2-8H,1H3,(H,18,20)(H,19,21). The molecular weight excluding hydrogens is 311 g/mol. The summed E-state index contributed by atoms with van der Waals surface area (Å²) in [5.41, 5.74) is 1.45. The zero-order valence-corrected chi connectivity index (χ0v) is 12.6. The Morgan fingerprint density at radius 1 is 0.857 bits per heavy atom. The lowest BCUT2D eigenvalue weighted by Gasteiger charge is -2.09. The van der Waals surface area contributed by atoms with Gasteiger partial charge in [-0.3, -0.25) is 9.59 Å². The second kappa shape index (κ2) is 6.61. The van der Waals surface area contributed by atoms with Gasteiger partial charge in [0.05, 0.1) is 15.6 Å². The topological polar surface area (TPSA) is 58.2 Å². The van der Waals surface area contributed by atoms with Crippen molar-refractivity contribution in [2.75, 3.05) is 10.6 Å². The van der Waals surface area contributed by atoms with Gasteiger partial charge in [-0.25, -0.2) is 0 Å². The van der Waals surface area contributed by atoms with Gasteiger partial charge in [0.25, 0.3) is 5.91 Å². The highest BCUT2D eigenvalue weighted by atomic mass is 35.5. The SMILES string of the molecule is CC(=O)Nc1ccc(NC(=O)c2c(Cl)cccc2Cl)cc1. The molecular formula is C15H12Cl2N2O2. The van der Waals surface area contributed by atoms with E-state index in [2.05, 4.69) is 10.6 Å². The van der Waals surface area contributed by atoms with Gasteiger partial charge in [0.2, 0.25) is 5.91 Å². The van der Waals surface area contributed by atoms with Gasteiger partial charge in [-0.1, -0.05) is 29.3 Å². The van der Waals surface area contributed by atoms with Crippen molar-refractivity contribution in [1.82, 2.24) is 0 Å². The van der Waals surface area contributed by atoms with Crippen LogP contribution in [-0.2, 0) is 4.79 Å². The van der Waals surface area contributed by atoms with Gasteiger partial charge in [0.15, 0.2) is 0 Å². The first kappa shape index (κ1) is 15.4. The molecule has 0 aliphatic carbocycles. The number of benzene rings is 2. The Morgan fingerprint density at radius 3 is 1.81 bits per heavy atom. The molecule has 0 aliphatic heterocycles. The summed E-state index contributed by atoms with van der Waals surface area (Å²) in [5.74, 6) is -0.549. The fraction of sp³-hybridized carbons (Fsp3) is 0.0667. The Labute approximate surface area is 132 Å². The van der Waals surface area contributed by atoms with Gasteiger partial charge >= 0.3 is 0 Å². The van der Waals surface area contributed by atoms with E-state index >= 15 is 0 Å². The van der Waals surface area contributed by atoms with Crippen molar-refractivity contribution >= 4 is 46.4 Å². The molecule has 0 bridgehead atoms. The molecule has 0 heterocycles. The molecule has 0 saturated carbocycles. The summed E-state index contributed by atoms with van der Waals surface area (Å²) >= 11 is 12.0. The predicted octanol–water partition coefficient (Wildman–Crippen LogP) is 4.20. The summed E-state index contributed by atoms with van der Waals surface area (Å²) in [5, 5.41) is 5.92. The molecule has 6 heteroatoms. The largest absolute Gasteiger partial charge is 0.326 e. The van der Waals surface area contributed by atoms with Crippen LogP contribution in [0.15, 0.2) is 42.5 Å². The molecule has 0 aromatic heterocycles. The highest BCUT2D eigenvalue weighted by Gasteiger charge is 2.14. The second-order valence-corrected chi connectivity index (χ2v) is 5.12. The van der Waals surface area contributed by atoms with Gasteiger partial charge in [-0.15, -0.1) is 0 Å². The summed E-state index contributed by atoms with van der Waals surface area (Å²) in [4.78, 5) is 23.1. The molecule has 2 aromatic carbocycles. The summed E-state index contributed by atoms with van der Waals surface area (Å²) in [7, 11) is 0. The number of amides is 2. The average molecular weight is 323 g/mol. The van der Waals surface area contributed by atoms with Crippen LogP contribution in [0.25, 0.3) is 0 Å². The molecule has 0 spiro atoms. The third-order valence-electron chi connectivity index (χ3n) is 2.65. The van der Waals surface area contributed by atoms with E-state index in [9.17, 15) is 9.59 Å². The number of carbonyl (C=O) groups is 2. The van der Waals surface area contributed by atoms with Crippen molar-refractivity contribution in [3.63, 3.8) is 0 Å². The maximum atomic E-state index is 12.2. The van der Waals surface area contributed by atoms with Crippen molar-refractivity contribution in [2.45, 2.75) is 6.92 Å². The smallest absolute Gasteiger partial charge is 0.258 e. The molecule has 2 amide bonds. The van der Waals surface area contributed by atoms with E-state index in [4.69, 9.17) is 23.2 Å². The lowest BCUT2D eigenvalue weighted by Crippen LogP contribution is -2.13. The van der Waals surface area contributed by atoms with Crippen LogP contribution in [0.2, 0.25) is 10.0 Å². The minimum atomic E-state index is -0.391. The normalized spacial score (nSPS) is 10.0. The van der Waals surface area contributed by atoms with Crippen LogP contribution in [0, 0.1) is 0 Å². The number of halogens is 2. The van der Waals surface area contributed by atoms with Crippen LogP contribution in [-0.4, -0.2) is 11.8 Å². The van der Waals surface area contributed by atoms with E-state index in [0.29, 0.717) is 11.4 Å². The fourth-order valence-corrected chi connectivity index (χ4v) is 2.32. The van der Waals surface area contributed by atoms with Gasteiger partial charge < -0.3 is 10.6 Å². The highest BCUT2D eigenvalue weighted by molar-refractivity contribution is 6.40. The molecule has 0 unspecified atom stereocenters. The van der Waals surface area contributed by atoms with Crippen molar-refractivity contribution in [1.29, 1.82) is 0 Å². The fourth-order valence-electron chi connectivity index (χ4n) is 1.75. The van der Waals surface area contributed by atoms with E-state index < -0.39 is 5.91 Å². The predicted molar refractivity (Wildman–Crippen MR) is 85.2 cm³/mol. The molecule has 2 N–H and O–H groups in total. The minimum absolute atomic E-state index is 0.158. The number of carbonyl (C=O) groups excluding carboxylic acids is 2. The number of anilines is 2. The molecule has 0 atom stereocenters. The van der Waals surface area contributed by atoms with E-state index in [0.717, 1.165) is 0 Å². The number of rotatable bonds is 3. The number of hydrogen-bond donors (Lipinski definition) is 2. The molecule has 0 aliphatic rings. The zero-order chi connectivity index (χ0) is 15.4. The first-order valence-electron chi connectivity index (χ1n) is 6.10. The van der Waals surface area contributed by atoms with Crippen LogP contribution < -0.4 is 10.6 Å². The maximum Gasteiger partial charge on any atom is 0.258 e. The van der Waals surface area contributed by atoms with Gasteiger partial charge in [0.1, 0.15) is 0 Å². The van der Waals surface area contributed by atoms with Crippen LogP contribution in [0.5, 0.6) is 0 Å². The molecule has 0 radical (unpaired) electrons. The highest BCUT2D eigenvalue weighted by Crippen LogP contribution is 2.25. The summed E-state index contributed by atoms with van der Waals surface area (Å²) in [6, 6.07) is 11.6. The Kier molecular flexibility index (Phi) is 4.83. The molecule has 4 nitrogen and oxygen atoms in total. The summed E-state index contributed by atoms with van der Waals surface area (Å²) in [6.45, 7) is 1.43. The molecule has 0 fully saturated rings. The van der Waals surface area contributed by atoms with E-state index in [1.807, 2.05) is 0 Å². The summed E-state index contributed by atoms with van der Waals surface area (Å²) < 4.78 is 0. The van der Waals surface area contributed by atoms with E-state index in [-0.39, 0.29) is 21.5 Å². The second-order valence-electron chi connectivity index (χ2n) is 4.31. The van der Waals surface area contributed by atoms with Crippen LogP contribution in [0.3, 0.4) is 0 Å². The van der Waals surface area contributed by atoms with Crippen LogP contribution >= 0.6 is 23.2 Å². The molecule has 2 aromatic rings. The van der Waals surface area contributed by atoms with Crippen molar-refractivity contribution in [2.24, 2.45) is 0 Å². The quantitative estimate of drug-likeness (QED) is 0.889. The van der Waals surface area contributed by atoms with Gasteiger partial charge in [0, 0.05) is 18.3 Å². The lowest BCUT2D eigenvalue weighted by molar-refractivity contribution is -0.114. The first-order chi connectivity index (χ1) is 9.97. The molecule has 108 valence electrons. The third-order valence-corrected chi connectivity index (χ3v) is 3.28. The van der Waals surface area contributed by atoms with Crippen molar-refractivity contribution in [3.05, 3.63) is 58.1 Å². The van der Waals surface area contributed by atoms with Gasteiger partial charge in [-0.2, -0.15) is 0 Å². The Bertz CT molecular complexity index is 664. The van der Waals surface area contributed by atoms with Gasteiger partial charge in [-0.05, 0) is 36.4 Å². The molecule has 21 heavy (non-hydrogen) atoms. The van der Waals surface area contributed by atoms with E-state index in [1.54, 1.807) is 42.5 Å². The molecule has 0 saturated heterocycles. The van der Waals surface area contributed by atoms with Crippen LogP contribution in [0.4, 0.5) is 11.4 Å². The number of nitrogens with one attached hydrogen (secondary N) is 2. The zero-order valence-electron chi connectivity index (χ0n) is 11.1. The van der Waals surface area contributed by atoms with E-state index in [1.165, 1.54) is 6.92 Å². The number of hydrogen-bond acceptors (Lipinski definition) is 2. The Morgan fingerprint density at radius 2 is 1.33 bits per heavy atom.